The van der Waals surface area contributed by atoms with Gasteiger partial charge in [-0.15, -0.1) is 0 Å². The predicted molar refractivity (Wildman–Crippen MR) is 90.5 cm³/mol. The molecule has 1 saturated heterocycles. The molecule has 3 amide bonds. The highest BCUT2D eigenvalue weighted by Crippen LogP contribution is 2.24. The number of nitrogens with one attached hydrogen (secondary N) is 2. The second kappa shape index (κ2) is 7.01. The van der Waals surface area contributed by atoms with Gasteiger partial charge in [0.1, 0.15) is 11.9 Å². The zero-order valence-electron chi connectivity index (χ0n) is 13.2. The molecule has 6 nitrogen and oxygen atoms in total. The zero-order valence-corrected chi connectivity index (χ0v) is 13.2. The van der Waals surface area contributed by atoms with Gasteiger partial charge < -0.3 is 15.5 Å². The molecule has 2 aromatic rings. The van der Waals surface area contributed by atoms with Crippen LogP contribution >= 0.6 is 0 Å². The van der Waals surface area contributed by atoms with E-state index in [1.165, 1.54) is 23.1 Å². The van der Waals surface area contributed by atoms with Gasteiger partial charge in [-0.3, -0.25) is 4.79 Å². The third-order valence-corrected chi connectivity index (χ3v) is 3.90. The van der Waals surface area contributed by atoms with Gasteiger partial charge in [-0.05, 0) is 36.8 Å². The predicted octanol–water partition coefficient (Wildman–Crippen LogP) is 2.62. The van der Waals surface area contributed by atoms with E-state index in [4.69, 9.17) is 5.26 Å². The van der Waals surface area contributed by atoms with Crippen LogP contribution in [-0.2, 0) is 4.79 Å². The number of anilines is 2. The van der Waals surface area contributed by atoms with Gasteiger partial charge in [-0.1, -0.05) is 18.2 Å². The van der Waals surface area contributed by atoms with Crippen LogP contribution in [0.15, 0.2) is 48.5 Å². The van der Waals surface area contributed by atoms with E-state index in [1.54, 1.807) is 30.3 Å². The fraction of sp³-hybridized carbons (Fsp3) is 0.167. The average molecular weight is 338 g/mol. The van der Waals surface area contributed by atoms with Gasteiger partial charge in [0.15, 0.2) is 0 Å². The molecule has 0 spiro atoms. The van der Waals surface area contributed by atoms with Gasteiger partial charge in [0.05, 0.1) is 17.3 Å². The molecule has 7 heteroatoms. The van der Waals surface area contributed by atoms with Crippen molar-refractivity contribution in [3.63, 3.8) is 0 Å². The second-order valence-electron chi connectivity index (χ2n) is 5.57. The highest BCUT2D eigenvalue weighted by molar-refractivity contribution is 6.02. The Morgan fingerprint density at radius 2 is 2.04 bits per heavy atom. The first kappa shape index (κ1) is 16.5. The first-order valence-corrected chi connectivity index (χ1v) is 7.72. The largest absolute Gasteiger partial charge is 0.326 e. The van der Waals surface area contributed by atoms with Crippen molar-refractivity contribution in [2.24, 2.45) is 0 Å². The van der Waals surface area contributed by atoms with E-state index >= 15 is 0 Å². The van der Waals surface area contributed by atoms with Gasteiger partial charge in [0, 0.05) is 12.2 Å². The van der Waals surface area contributed by atoms with Crippen LogP contribution in [0.25, 0.3) is 0 Å². The minimum atomic E-state index is -0.723. The summed E-state index contributed by atoms with van der Waals surface area (Å²) in [5, 5.41) is 14.0. The Morgan fingerprint density at radius 3 is 2.80 bits per heavy atom. The van der Waals surface area contributed by atoms with Crippen LogP contribution in [-0.4, -0.2) is 24.5 Å². The lowest BCUT2D eigenvalue weighted by atomic mass is 10.2. The zero-order chi connectivity index (χ0) is 17.8. The first-order chi connectivity index (χ1) is 12.1. The highest BCUT2D eigenvalue weighted by atomic mass is 19.1. The molecule has 0 saturated carbocycles. The number of halogens is 1. The van der Waals surface area contributed by atoms with Crippen LogP contribution < -0.4 is 15.5 Å². The first-order valence-electron chi connectivity index (χ1n) is 7.72. The van der Waals surface area contributed by atoms with Crippen LogP contribution in [0.2, 0.25) is 0 Å². The lowest BCUT2D eigenvalue weighted by Gasteiger charge is -2.18. The number of nitrogens with zero attached hydrogens (tertiary/aromatic N) is 2. The van der Waals surface area contributed by atoms with Crippen LogP contribution in [0.5, 0.6) is 0 Å². The monoisotopic (exact) mass is 338 g/mol. The number of amides is 3. The van der Waals surface area contributed by atoms with E-state index in [0.717, 1.165) is 0 Å². The smallest absolute Gasteiger partial charge is 0.319 e. The van der Waals surface area contributed by atoms with Crippen molar-refractivity contribution in [1.82, 2.24) is 5.32 Å². The Bertz CT molecular complexity index is 862. The van der Waals surface area contributed by atoms with E-state index in [-0.39, 0.29) is 11.6 Å². The Morgan fingerprint density at radius 1 is 1.24 bits per heavy atom. The number of urea groups is 1. The van der Waals surface area contributed by atoms with E-state index < -0.39 is 17.9 Å². The van der Waals surface area contributed by atoms with Crippen LogP contribution in [0.1, 0.15) is 12.0 Å². The van der Waals surface area contributed by atoms with Crippen molar-refractivity contribution in [3.8, 4) is 6.07 Å². The van der Waals surface area contributed by atoms with E-state index in [1.807, 2.05) is 6.07 Å². The average Bonchev–Trinajstić information content (AvgIpc) is 2.96. The van der Waals surface area contributed by atoms with Crippen molar-refractivity contribution in [3.05, 3.63) is 59.9 Å². The van der Waals surface area contributed by atoms with Crippen molar-refractivity contribution >= 4 is 23.3 Å². The molecule has 0 aromatic heterocycles. The molecular weight excluding hydrogens is 323 g/mol. The summed E-state index contributed by atoms with van der Waals surface area (Å²) >= 11 is 0. The molecule has 0 unspecified atom stereocenters. The Hall–Kier alpha value is -3.40. The SMILES string of the molecule is N#Cc1cccc(NC(=O)N[C@H]2CCN(c3ccccc3F)C2=O)c1. The number of para-hydroxylation sites is 1. The van der Waals surface area contributed by atoms with Crippen molar-refractivity contribution in [2.75, 3.05) is 16.8 Å². The van der Waals surface area contributed by atoms with Gasteiger partial charge in [-0.25, -0.2) is 9.18 Å². The van der Waals surface area contributed by atoms with Crippen molar-refractivity contribution < 1.29 is 14.0 Å². The topological polar surface area (TPSA) is 85.2 Å². The maximum Gasteiger partial charge on any atom is 0.319 e. The molecule has 126 valence electrons. The normalized spacial score (nSPS) is 16.4. The molecule has 2 aromatic carbocycles. The summed E-state index contributed by atoms with van der Waals surface area (Å²) in [6.07, 6.45) is 0.388. The lowest BCUT2D eigenvalue weighted by Crippen LogP contribution is -2.43. The van der Waals surface area contributed by atoms with Gasteiger partial charge >= 0.3 is 6.03 Å². The molecule has 1 aliphatic heterocycles. The summed E-state index contributed by atoms with van der Waals surface area (Å²) in [7, 11) is 0. The van der Waals surface area contributed by atoms with Crippen LogP contribution in [0.4, 0.5) is 20.6 Å². The summed E-state index contributed by atoms with van der Waals surface area (Å²) in [5.41, 5.74) is 1.08. The maximum atomic E-state index is 13.8. The number of rotatable bonds is 3. The molecule has 1 fully saturated rings. The van der Waals surface area contributed by atoms with E-state index in [2.05, 4.69) is 10.6 Å². The van der Waals surface area contributed by atoms with Gasteiger partial charge in [0.2, 0.25) is 5.91 Å². The standard InChI is InChI=1S/C18H15FN4O2/c19-14-6-1-2-7-16(14)23-9-8-15(17(23)24)22-18(25)21-13-5-3-4-12(10-13)11-20/h1-7,10,15H,8-9H2,(H2,21,22,25)/t15-/m0/s1. The number of carbonyl (C=O) groups is 2. The number of carbonyl (C=O) groups excluding carboxylic acids is 2. The lowest BCUT2D eigenvalue weighted by molar-refractivity contribution is -0.118. The Labute approximate surface area is 143 Å². The summed E-state index contributed by atoms with van der Waals surface area (Å²) in [6.45, 7) is 0.328. The van der Waals surface area contributed by atoms with Crippen LogP contribution in [0, 0.1) is 17.1 Å². The molecule has 2 N–H and O–H groups in total. The summed E-state index contributed by atoms with van der Waals surface area (Å²) in [5.74, 6) is -0.833. The molecule has 1 atom stereocenters. The molecule has 0 radical (unpaired) electrons. The van der Waals surface area contributed by atoms with E-state index in [9.17, 15) is 14.0 Å². The van der Waals surface area contributed by atoms with Crippen molar-refractivity contribution in [2.45, 2.75) is 12.5 Å². The van der Waals surface area contributed by atoms with Gasteiger partial charge in [0.25, 0.3) is 0 Å². The minimum absolute atomic E-state index is 0.207. The van der Waals surface area contributed by atoms with Crippen LogP contribution in [0.3, 0.4) is 0 Å². The third-order valence-electron chi connectivity index (χ3n) is 3.90. The van der Waals surface area contributed by atoms with E-state index in [0.29, 0.717) is 24.2 Å². The van der Waals surface area contributed by atoms with Gasteiger partial charge in [-0.2, -0.15) is 5.26 Å². The molecule has 0 aliphatic carbocycles. The molecular formula is C18H15FN4O2. The molecule has 3 rings (SSSR count). The third kappa shape index (κ3) is 3.58. The highest BCUT2D eigenvalue weighted by Gasteiger charge is 2.34. The minimum Gasteiger partial charge on any atom is -0.326 e. The maximum absolute atomic E-state index is 13.8. The summed E-state index contributed by atoms with van der Waals surface area (Å²) in [6, 6.07) is 13.2. The Balaban J connectivity index is 1.64. The molecule has 1 heterocycles. The van der Waals surface area contributed by atoms with Crippen molar-refractivity contribution in [1.29, 1.82) is 5.26 Å². The molecule has 0 bridgehead atoms. The fourth-order valence-electron chi connectivity index (χ4n) is 2.72. The number of benzene rings is 2. The summed E-state index contributed by atoms with van der Waals surface area (Å²) in [4.78, 5) is 25.8. The quantitative estimate of drug-likeness (QED) is 0.902. The number of hydrogen-bond acceptors (Lipinski definition) is 3. The number of hydrogen-bond donors (Lipinski definition) is 2. The summed E-state index contributed by atoms with van der Waals surface area (Å²) < 4.78 is 13.8. The fourth-order valence-corrected chi connectivity index (χ4v) is 2.72. The second-order valence-corrected chi connectivity index (χ2v) is 5.57. The number of nitriles is 1. The molecule has 1 aliphatic rings. The Kier molecular flexibility index (Phi) is 4.61. The molecule has 25 heavy (non-hydrogen) atoms.